The van der Waals surface area contributed by atoms with Crippen LogP contribution in [0.25, 0.3) is 0 Å². The molecule has 3 amide bonds. The average molecular weight is 340 g/mol. The summed E-state index contributed by atoms with van der Waals surface area (Å²) in [7, 11) is -4.93. The lowest BCUT2D eigenvalue weighted by atomic mass is 10.1. The van der Waals surface area contributed by atoms with Crippen LogP contribution in [0, 0.1) is 0 Å². The number of imide groups is 1. The zero-order valence-corrected chi connectivity index (χ0v) is 12.4. The summed E-state index contributed by atoms with van der Waals surface area (Å²) in [5, 5.41) is 28.1. The van der Waals surface area contributed by atoms with Gasteiger partial charge in [0.25, 0.3) is 0 Å². The molecule has 2 aliphatic rings. The number of carbonyl (C=O) groups excluding carboxylic acids is 2. The number of rotatable bonds is 3. The molecular weight excluding hydrogens is 323 g/mol. The molecule has 0 radical (unpaired) electrons. The van der Waals surface area contributed by atoms with Crippen LogP contribution in [-0.4, -0.2) is 84.8 Å². The average Bonchev–Trinajstić information content (AvgIpc) is 2.69. The van der Waals surface area contributed by atoms with Crippen LogP contribution >= 0.6 is 7.60 Å². The number of nitrogens with zero attached hydrogens (tertiary/aromatic N) is 1. The van der Waals surface area contributed by atoms with Crippen molar-refractivity contribution in [2.45, 2.75) is 36.6 Å². The third-order valence-corrected chi connectivity index (χ3v) is 5.55. The predicted molar refractivity (Wildman–Crippen MR) is 68.5 cm³/mol. The zero-order valence-electron chi connectivity index (χ0n) is 11.5. The first kappa shape index (κ1) is 17.3. The minimum atomic E-state index is -4.93. The third kappa shape index (κ3) is 2.54. The van der Waals surface area contributed by atoms with Gasteiger partial charge in [-0.05, 0) is 6.92 Å². The molecule has 2 aliphatic heterocycles. The van der Waals surface area contributed by atoms with Gasteiger partial charge in [0.2, 0.25) is 5.91 Å². The minimum Gasteiger partial charge on any atom is -0.394 e. The van der Waals surface area contributed by atoms with E-state index in [9.17, 15) is 34.2 Å². The Balaban J connectivity index is 2.30. The molecule has 22 heavy (non-hydrogen) atoms. The fourth-order valence-corrected chi connectivity index (χ4v) is 3.00. The van der Waals surface area contributed by atoms with Crippen LogP contribution in [0.2, 0.25) is 0 Å². The molecule has 1 unspecified atom stereocenters. The topological polar surface area (TPSA) is 177 Å². The van der Waals surface area contributed by atoms with Crippen molar-refractivity contribution in [3.8, 4) is 0 Å². The summed E-state index contributed by atoms with van der Waals surface area (Å²) in [5.74, 6) is -1.14. The Morgan fingerprint density at radius 1 is 1.36 bits per heavy atom. The summed E-state index contributed by atoms with van der Waals surface area (Å²) in [6.07, 6.45) is -5.70. The van der Waals surface area contributed by atoms with Crippen molar-refractivity contribution in [3.05, 3.63) is 0 Å². The highest BCUT2D eigenvalue weighted by Gasteiger charge is 2.58. The molecule has 2 fully saturated rings. The van der Waals surface area contributed by atoms with E-state index >= 15 is 0 Å². The number of carbonyl (C=O) groups is 2. The van der Waals surface area contributed by atoms with Crippen LogP contribution in [0.5, 0.6) is 0 Å². The molecule has 11 nitrogen and oxygen atoms in total. The van der Waals surface area contributed by atoms with Crippen molar-refractivity contribution in [2.24, 2.45) is 0 Å². The molecule has 0 aliphatic carbocycles. The van der Waals surface area contributed by atoms with E-state index in [-0.39, 0.29) is 0 Å². The van der Waals surface area contributed by atoms with Crippen molar-refractivity contribution in [1.82, 2.24) is 10.2 Å². The summed E-state index contributed by atoms with van der Waals surface area (Å²) in [6, 6.07) is -1.02. The summed E-state index contributed by atoms with van der Waals surface area (Å²) in [6.45, 7) is -0.364. The van der Waals surface area contributed by atoms with Crippen LogP contribution in [0.3, 0.4) is 0 Å². The summed E-state index contributed by atoms with van der Waals surface area (Å²) in [5.41, 5.74) is 0. The Bertz CT molecular complexity index is 536. The predicted octanol–water partition coefficient (Wildman–Crippen LogP) is -3.09. The van der Waals surface area contributed by atoms with Crippen molar-refractivity contribution in [2.75, 3.05) is 13.2 Å². The Kier molecular flexibility index (Phi) is 4.35. The maximum atomic E-state index is 11.9. The normalized spacial score (nSPS) is 40.0. The second kappa shape index (κ2) is 5.53. The monoisotopic (exact) mass is 340 g/mol. The molecule has 0 saturated carbocycles. The number of amides is 3. The van der Waals surface area contributed by atoms with E-state index in [0.717, 1.165) is 6.92 Å². The van der Waals surface area contributed by atoms with Gasteiger partial charge in [0.1, 0.15) is 18.3 Å². The lowest BCUT2D eigenvalue weighted by Crippen LogP contribution is -2.66. The second-order valence-electron chi connectivity index (χ2n) is 5.43. The van der Waals surface area contributed by atoms with E-state index in [0.29, 0.717) is 4.90 Å². The number of nitrogens with one attached hydrogen (secondary N) is 1. The standard InChI is InChI=1S/C10H17N2O9P/c1-10(22(18,19)20)3-12(9(17)11-8(10)16)7-6(15)5(14)4(2-13)21-7/h4-7,13-15H,2-3H2,1H3,(H,11,16,17)(H2,18,19,20)/t4-,5-,6-,7-,10?/m1/s1. The van der Waals surface area contributed by atoms with E-state index in [4.69, 9.17) is 9.84 Å². The number of hydrogen-bond acceptors (Lipinski definition) is 7. The van der Waals surface area contributed by atoms with E-state index in [1.807, 2.05) is 0 Å². The Hall–Kier alpha value is -1.07. The highest BCUT2D eigenvalue weighted by Crippen LogP contribution is 2.52. The van der Waals surface area contributed by atoms with Gasteiger partial charge in [-0.15, -0.1) is 0 Å². The highest BCUT2D eigenvalue weighted by atomic mass is 31.2. The van der Waals surface area contributed by atoms with Gasteiger partial charge in [0, 0.05) is 0 Å². The van der Waals surface area contributed by atoms with Crippen molar-refractivity contribution in [1.29, 1.82) is 0 Å². The van der Waals surface area contributed by atoms with Crippen molar-refractivity contribution >= 4 is 19.5 Å². The highest BCUT2D eigenvalue weighted by molar-refractivity contribution is 7.54. The lowest BCUT2D eigenvalue weighted by Gasteiger charge is -2.41. The number of aliphatic hydroxyl groups excluding tert-OH is 3. The van der Waals surface area contributed by atoms with Gasteiger partial charge < -0.3 is 29.8 Å². The molecular formula is C10H17N2O9P. The van der Waals surface area contributed by atoms with Crippen molar-refractivity contribution in [3.63, 3.8) is 0 Å². The molecule has 2 saturated heterocycles. The number of aliphatic hydroxyl groups is 3. The molecule has 2 rings (SSSR count). The van der Waals surface area contributed by atoms with Gasteiger partial charge >= 0.3 is 13.6 Å². The Morgan fingerprint density at radius 3 is 2.41 bits per heavy atom. The van der Waals surface area contributed by atoms with E-state index in [1.54, 1.807) is 5.32 Å². The van der Waals surface area contributed by atoms with E-state index in [1.165, 1.54) is 0 Å². The Labute approximate surface area is 124 Å². The Morgan fingerprint density at radius 2 is 1.95 bits per heavy atom. The SMILES string of the molecule is CC1(P(=O)(O)O)CN([C@@H]2O[C@H](CO)[C@@H](O)[C@H]2O)C(=O)NC1=O. The first-order valence-electron chi connectivity index (χ1n) is 6.33. The number of ether oxygens (including phenoxy) is 1. The van der Waals surface area contributed by atoms with Gasteiger partial charge in [-0.25, -0.2) is 4.79 Å². The van der Waals surface area contributed by atoms with Gasteiger partial charge in [0.15, 0.2) is 11.4 Å². The fraction of sp³-hybridized carbons (Fsp3) is 0.800. The molecule has 5 atom stereocenters. The van der Waals surface area contributed by atoms with Gasteiger partial charge in [0.05, 0.1) is 13.2 Å². The second-order valence-corrected chi connectivity index (χ2v) is 7.51. The zero-order chi connectivity index (χ0) is 16.9. The van der Waals surface area contributed by atoms with Crippen LogP contribution in [0.4, 0.5) is 4.79 Å². The molecule has 12 heteroatoms. The number of urea groups is 1. The van der Waals surface area contributed by atoms with Crippen LogP contribution in [-0.2, 0) is 14.1 Å². The smallest absolute Gasteiger partial charge is 0.342 e. The maximum Gasteiger partial charge on any atom is 0.342 e. The van der Waals surface area contributed by atoms with Crippen LogP contribution < -0.4 is 5.32 Å². The molecule has 126 valence electrons. The summed E-state index contributed by atoms with van der Waals surface area (Å²) in [4.78, 5) is 43.0. The minimum absolute atomic E-state index is 0.626. The summed E-state index contributed by atoms with van der Waals surface area (Å²) < 4.78 is 16.7. The van der Waals surface area contributed by atoms with Gasteiger partial charge in [-0.1, -0.05) is 0 Å². The molecule has 0 spiro atoms. The van der Waals surface area contributed by atoms with E-state index in [2.05, 4.69) is 0 Å². The molecule has 0 aromatic heterocycles. The molecule has 0 bridgehead atoms. The largest absolute Gasteiger partial charge is 0.394 e. The van der Waals surface area contributed by atoms with E-state index < -0.39 is 62.4 Å². The summed E-state index contributed by atoms with van der Waals surface area (Å²) >= 11 is 0. The molecule has 0 aromatic rings. The van der Waals surface area contributed by atoms with Crippen LogP contribution in [0.15, 0.2) is 0 Å². The van der Waals surface area contributed by atoms with Gasteiger partial charge in [-0.3, -0.25) is 19.6 Å². The molecule has 2 heterocycles. The quantitative estimate of drug-likeness (QED) is 0.291. The maximum absolute atomic E-state index is 11.9. The fourth-order valence-electron chi connectivity index (χ4n) is 2.35. The van der Waals surface area contributed by atoms with Crippen molar-refractivity contribution < 1.29 is 44.0 Å². The first-order valence-corrected chi connectivity index (χ1v) is 7.94. The van der Waals surface area contributed by atoms with Gasteiger partial charge in [-0.2, -0.15) is 0 Å². The lowest BCUT2D eigenvalue weighted by molar-refractivity contribution is -0.129. The number of hydrogen-bond donors (Lipinski definition) is 6. The third-order valence-electron chi connectivity index (χ3n) is 3.92. The first-order chi connectivity index (χ1) is 10.0. The van der Waals surface area contributed by atoms with Crippen LogP contribution in [0.1, 0.15) is 6.92 Å². The molecule has 6 N–H and O–H groups in total. The molecule has 0 aromatic carbocycles.